The van der Waals surface area contributed by atoms with Crippen molar-refractivity contribution < 1.29 is 4.39 Å². The van der Waals surface area contributed by atoms with Crippen LogP contribution in [-0.2, 0) is 6.42 Å². The molecule has 0 bridgehead atoms. The van der Waals surface area contributed by atoms with E-state index in [-0.39, 0.29) is 11.9 Å². The minimum absolute atomic E-state index is 0.0700. The molecule has 0 saturated carbocycles. The Morgan fingerprint density at radius 1 is 1.56 bits per heavy atom. The second kappa shape index (κ2) is 5.93. The fourth-order valence-electron chi connectivity index (χ4n) is 2.37. The van der Waals surface area contributed by atoms with Crippen LogP contribution in [0.2, 0.25) is 0 Å². The van der Waals surface area contributed by atoms with E-state index in [9.17, 15) is 4.39 Å². The predicted octanol–water partition coefficient (Wildman–Crippen LogP) is 2.66. The van der Waals surface area contributed by atoms with E-state index >= 15 is 0 Å². The Kier molecular flexibility index (Phi) is 4.51. The van der Waals surface area contributed by atoms with E-state index in [1.807, 2.05) is 30.8 Å². The fraction of sp³-hybridized carbons (Fsp3) is 0.571. The number of halogens is 1. The number of nitrogens with zero attached hydrogens (tertiary/aromatic N) is 1. The summed E-state index contributed by atoms with van der Waals surface area (Å²) in [6, 6.07) is 6.00. The molecule has 0 aromatic heterocycles. The summed E-state index contributed by atoms with van der Waals surface area (Å²) in [4.78, 5) is 2.17. The number of thioether (sulfide) groups is 1. The highest BCUT2D eigenvalue weighted by atomic mass is 32.2. The van der Waals surface area contributed by atoms with Gasteiger partial charge in [-0.1, -0.05) is 6.07 Å². The first-order valence-corrected chi connectivity index (χ1v) is 7.62. The standard InChI is InChI=1S/C14H21FN2S/c1-10(16)7-12-3-4-14(13(15)8-12)17-5-6-18-9-11(17)2/h3-4,8,10-11H,5-7,9,16H2,1-2H3. The monoisotopic (exact) mass is 268 g/mol. The van der Waals surface area contributed by atoms with E-state index in [1.54, 1.807) is 6.07 Å². The lowest BCUT2D eigenvalue weighted by Gasteiger charge is -2.35. The second-order valence-corrected chi connectivity index (χ2v) is 6.23. The van der Waals surface area contributed by atoms with Crippen LogP contribution in [0.15, 0.2) is 18.2 Å². The SMILES string of the molecule is CC(N)Cc1ccc(N2CCSCC2C)c(F)c1. The maximum atomic E-state index is 14.2. The molecule has 0 aliphatic carbocycles. The molecule has 1 aromatic carbocycles. The van der Waals surface area contributed by atoms with Crippen molar-refractivity contribution in [3.63, 3.8) is 0 Å². The van der Waals surface area contributed by atoms with Crippen LogP contribution < -0.4 is 10.6 Å². The minimum atomic E-state index is -0.119. The molecule has 1 saturated heterocycles. The van der Waals surface area contributed by atoms with Crippen molar-refractivity contribution in [1.82, 2.24) is 0 Å². The lowest BCUT2D eigenvalue weighted by Crippen LogP contribution is -2.40. The number of nitrogens with two attached hydrogens (primary N) is 1. The van der Waals surface area contributed by atoms with Crippen molar-refractivity contribution in [2.75, 3.05) is 23.0 Å². The lowest BCUT2D eigenvalue weighted by atomic mass is 10.1. The summed E-state index contributed by atoms with van der Waals surface area (Å²) in [6.07, 6.45) is 0.725. The van der Waals surface area contributed by atoms with Crippen molar-refractivity contribution in [1.29, 1.82) is 0 Å². The molecule has 1 fully saturated rings. The molecule has 0 radical (unpaired) electrons. The maximum absolute atomic E-state index is 14.2. The summed E-state index contributed by atoms with van der Waals surface area (Å²) in [5, 5.41) is 0. The zero-order valence-electron chi connectivity index (χ0n) is 11.0. The Bertz CT molecular complexity index is 409. The van der Waals surface area contributed by atoms with Crippen LogP contribution in [-0.4, -0.2) is 30.1 Å². The molecule has 0 spiro atoms. The van der Waals surface area contributed by atoms with Crippen LogP contribution in [0.5, 0.6) is 0 Å². The Balaban J connectivity index is 2.18. The van der Waals surface area contributed by atoms with Gasteiger partial charge in [-0.2, -0.15) is 11.8 Å². The predicted molar refractivity (Wildman–Crippen MR) is 77.9 cm³/mol. The Labute approximate surface area is 113 Å². The maximum Gasteiger partial charge on any atom is 0.146 e. The largest absolute Gasteiger partial charge is 0.365 e. The molecule has 1 aliphatic heterocycles. The quantitative estimate of drug-likeness (QED) is 0.914. The van der Waals surface area contributed by atoms with Crippen molar-refractivity contribution in [2.45, 2.75) is 32.4 Å². The normalized spacial score (nSPS) is 22.0. The van der Waals surface area contributed by atoms with Gasteiger partial charge in [0.2, 0.25) is 0 Å². The van der Waals surface area contributed by atoms with E-state index in [1.165, 1.54) is 0 Å². The summed E-state index contributed by atoms with van der Waals surface area (Å²) in [6.45, 7) is 5.02. The number of rotatable bonds is 3. The van der Waals surface area contributed by atoms with E-state index in [2.05, 4.69) is 11.8 Å². The van der Waals surface area contributed by atoms with Crippen molar-refractivity contribution in [2.24, 2.45) is 5.73 Å². The van der Waals surface area contributed by atoms with Crippen LogP contribution in [0.3, 0.4) is 0 Å². The molecular formula is C14H21FN2S. The van der Waals surface area contributed by atoms with Gasteiger partial charge in [-0.15, -0.1) is 0 Å². The van der Waals surface area contributed by atoms with Crippen LogP contribution in [0.25, 0.3) is 0 Å². The van der Waals surface area contributed by atoms with E-state index in [4.69, 9.17) is 5.73 Å². The van der Waals surface area contributed by atoms with Crippen molar-refractivity contribution in [3.05, 3.63) is 29.6 Å². The number of benzene rings is 1. The van der Waals surface area contributed by atoms with Crippen LogP contribution in [0.4, 0.5) is 10.1 Å². The Hall–Kier alpha value is -0.740. The third-order valence-electron chi connectivity index (χ3n) is 3.25. The van der Waals surface area contributed by atoms with Gasteiger partial charge < -0.3 is 10.6 Å². The molecule has 18 heavy (non-hydrogen) atoms. The highest BCUT2D eigenvalue weighted by Gasteiger charge is 2.21. The fourth-order valence-corrected chi connectivity index (χ4v) is 3.38. The zero-order valence-corrected chi connectivity index (χ0v) is 11.8. The molecule has 4 heteroatoms. The molecule has 2 rings (SSSR count). The van der Waals surface area contributed by atoms with Crippen molar-refractivity contribution in [3.8, 4) is 0 Å². The van der Waals surface area contributed by atoms with Crippen molar-refractivity contribution >= 4 is 17.4 Å². The molecule has 1 aliphatic rings. The molecule has 1 heterocycles. The molecule has 2 atom stereocenters. The topological polar surface area (TPSA) is 29.3 Å². The first-order valence-electron chi connectivity index (χ1n) is 6.46. The van der Waals surface area contributed by atoms with E-state index in [0.717, 1.165) is 35.7 Å². The van der Waals surface area contributed by atoms with Crippen LogP contribution >= 0.6 is 11.8 Å². The average molecular weight is 268 g/mol. The smallest absolute Gasteiger partial charge is 0.146 e. The third kappa shape index (κ3) is 3.18. The van der Waals surface area contributed by atoms with Gasteiger partial charge in [-0.3, -0.25) is 0 Å². The molecule has 2 nitrogen and oxygen atoms in total. The van der Waals surface area contributed by atoms with Gasteiger partial charge in [0.1, 0.15) is 5.82 Å². The molecule has 2 unspecified atom stereocenters. The molecular weight excluding hydrogens is 247 g/mol. The molecule has 100 valence electrons. The second-order valence-electron chi connectivity index (χ2n) is 5.08. The van der Waals surface area contributed by atoms with Gasteiger partial charge in [-0.05, 0) is 38.0 Å². The first-order chi connectivity index (χ1) is 8.58. The molecule has 1 aromatic rings. The van der Waals surface area contributed by atoms with Gasteiger partial charge in [0, 0.05) is 30.1 Å². The van der Waals surface area contributed by atoms with E-state index < -0.39 is 0 Å². The number of anilines is 1. The van der Waals surface area contributed by atoms with Crippen LogP contribution in [0.1, 0.15) is 19.4 Å². The molecule has 2 N–H and O–H groups in total. The van der Waals surface area contributed by atoms with Gasteiger partial charge in [0.15, 0.2) is 0 Å². The average Bonchev–Trinajstić information content (AvgIpc) is 2.30. The Morgan fingerprint density at radius 3 is 2.94 bits per heavy atom. The summed E-state index contributed by atoms with van der Waals surface area (Å²) in [7, 11) is 0. The van der Waals surface area contributed by atoms with Gasteiger partial charge in [0.25, 0.3) is 0 Å². The van der Waals surface area contributed by atoms with Gasteiger partial charge in [-0.25, -0.2) is 4.39 Å². The Morgan fingerprint density at radius 2 is 2.33 bits per heavy atom. The summed E-state index contributed by atoms with van der Waals surface area (Å²) in [5.41, 5.74) is 7.45. The summed E-state index contributed by atoms with van der Waals surface area (Å²) < 4.78 is 14.2. The number of hydrogen-bond acceptors (Lipinski definition) is 3. The summed E-state index contributed by atoms with van der Waals surface area (Å²) in [5.74, 6) is 2.03. The first kappa shape index (κ1) is 13.7. The summed E-state index contributed by atoms with van der Waals surface area (Å²) >= 11 is 1.94. The molecule has 0 amide bonds. The third-order valence-corrected chi connectivity index (χ3v) is 4.44. The minimum Gasteiger partial charge on any atom is -0.365 e. The highest BCUT2D eigenvalue weighted by Crippen LogP contribution is 2.27. The van der Waals surface area contributed by atoms with Gasteiger partial charge in [0.05, 0.1) is 5.69 Å². The van der Waals surface area contributed by atoms with Crippen LogP contribution in [0, 0.1) is 5.82 Å². The highest BCUT2D eigenvalue weighted by molar-refractivity contribution is 7.99. The lowest BCUT2D eigenvalue weighted by molar-refractivity contribution is 0.600. The number of hydrogen-bond donors (Lipinski definition) is 1. The zero-order chi connectivity index (χ0) is 13.1. The van der Waals surface area contributed by atoms with Gasteiger partial charge >= 0.3 is 0 Å². The van der Waals surface area contributed by atoms with E-state index in [0.29, 0.717) is 6.04 Å².